The summed E-state index contributed by atoms with van der Waals surface area (Å²) in [4.78, 5) is 11.6. The molecule has 0 aromatic heterocycles. The van der Waals surface area contributed by atoms with Gasteiger partial charge in [0.25, 0.3) is 0 Å². The molecule has 180 valence electrons. The molecule has 9 atom stereocenters. The van der Waals surface area contributed by atoms with Crippen molar-refractivity contribution in [3.63, 3.8) is 0 Å². The minimum Gasteiger partial charge on any atom is -0.387 e. The standard InChI is InChI=1S/C22H32O10/c23-11-12-14(17-20(26-12)32-22(30-17)9-5-2-6-10-22)27-18(25)15-13(24)16-19(28-15)31-21(29-16)7-3-1-4-8-21/h11-20,24-25H,1-10H2/t12-,13+,14+,15+,16-,17-,18?,19-,20-/m1/s1. The molecule has 4 saturated heterocycles. The predicted molar refractivity (Wildman–Crippen MR) is 104 cm³/mol. The van der Waals surface area contributed by atoms with Crippen molar-refractivity contribution in [2.45, 2.75) is 131 Å². The molecule has 2 saturated carbocycles. The molecule has 0 aromatic carbocycles. The molecule has 10 heteroatoms. The molecule has 4 aliphatic heterocycles. The van der Waals surface area contributed by atoms with Crippen molar-refractivity contribution in [2.24, 2.45) is 0 Å². The van der Waals surface area contributed by atoms with Crippen LogP contribution in [0.5, 0.6) is 0 Å². The van der Waals surface area contributed by atoms with Crippen molar-refractivity contribution in [1.82, 2.24) is 0 Å². The Labute approximate surface area is 186 Å². The summed E-state index contributed by atoms with van der Waals surface area (Å²) < 4.78 is 41.7. The highest BCUT2D eigenvalue weighted by Gasteiger charge is 2.62. The van der Waals surface area contributed by atoms with Gasteiger partial charge in [-0.05, 0) is 25.7 Å². The molecule has 2 aliphatic carbocycles. The molecular formula is C22H32O10. The first-order chi connectivity index (χ1) is 15.5. The Hall–Kier alpha value is -0.690. The third-order valence-corrected chi connectivity index (χ3v) is 7.75. The molecule has 0 aromatic rings. The molecule has 0 amide bonds. The highest BCUT2D eigenvalue weighted by molar-refractivity contribution is 5.58. The second-order valence-electron chi connectivity index (χ2n) is 9.90. The van der Waals surface area contributed by atoms with Gasteiger partial charge in [-0.1, -0.05) is 12.8 Å². The Kier molecular flexibility index (Phi) is 5.60. The highest BCUT2D eigenvalue weighted by Crippen LogP contribution is 2.47. The quantitative estimate of drug-likeness (QED) is 0.465. The van der Waals surface area contributed by atoms with Gasteiger partial charge in [-0.25, -0.2) is 0 Å². The molecule has 32 heavy (non-hydrogen) atoms. The fourth-order valence-electron chi connectivity index (χ4n) is 6.12. The van der Waals surface area contributed by atoms with E-state index in [4.69, 9.17) is 33.2 Å². The van der Waals surface area contributed by atoms with Crippen LogP contribution in [0, 0.1) is 0 Å². The van der Waals surface area contributed by atoms with Gasteiger partial charge < -0.3 is 48.2 Å². The lowest BCUT2D eigenvalue weighted by Crippen LogP contribution is -2.48. The number of aldehydes is 1. The molecular weight excluding hydrogens is 424 g/mol. The van der Waals surface area contributed by atoms with Gasteiger partial charge in [0.05, 0.1) is 0 Å². The van der Waals surface area contributed by atoms with Gasteiger partial charge in [-0.15, -0.1) is 0 Å². The second kappa shape index (κ2) is 8.21. The summed E-state index contributed by atoms with van der Waals surface area (Å²) in [5, 5.41) is 21.6. The lowest BCUT2D eigenvalue weighted by Gasteiger charge is -2.35. The Bertz CT molecular complexity index is 705. The second-order valence-corrected chi connectivity index (χ2v) is 9.90. The lowest BCUT2D eigenvalue weighted by molar-refractivity contribution is -0.289. The van der Waals surface area contributed by atoms with E-state index < -0.39 is 67.1 Å². The molecule has 6 fully saturated rings. The predicted octanol–water partition coefficient (Wildman–Crippen LogP) is 0.851. The van der Waals surface area contributed by atoms with Crippen molar-refractivity contribution in [3.8, 4) is 0 Å². The average molecular weight is 456 g/mol. The van der Waals surface area contributed by atoms with Gasteiger partial charge >= 0.3 is 0 Å². The Morgan fingerprint density at radius 2 is 1.38 bits per heavy atom. The number of hydrogen-bond acceptors (Lipinski definition) is 10. The fourth-order valence-corrected chi connectivity index (χ4v) is 6.12. The minimum atomic E-state index is -1.52. The summed E-state index contributed by atoms with van der Waals surface area (Å²) in [6.45, 7) is 0. The molecule has 6 rings (SSSR count). The van der Waals surface area contributed by atoms with Crippen molar-refractivity contribution in [1.29, 1.82) is 0 Å². The van der Waals surface area contributed by atoms with Crippen LogP contribution in [0.3, 0.4) is 0 Å². The first-order valence-corrected chi connectivity index (χ1v) is 12.0. The molecule has 2 N–H and O–H groups in total. The third-order valence-electron chi connectivity index (χ3n) is 7.75. The van der Waals surface area contributed by atoms with E-state index in [1.807, 2.05) is 0 Å². The van der Waals surface area contributed by atoms with Crippen molar-refractivity contribution < 1.29 is 48.2 Å². The zero-order chi connectivity index (χ0) is 21.9. The number of aliphatic hydroxyl groups excluding tert-OH is 2. The van der Waals surface area contributed by atoms with E-state index in [1.165, 1.54) is 0 Å². The maximum Gasteiger partial charge on any atom is 0.190 e. The number of aliphatic hydroxyl groups is 2. The van der Waals surface area contributed by atoms with E-state index in [-0.39, 0.29) is 0 Å². The number of ether oxygens (including phenoxy) is 7. The zero-order valence-electron chi connectivity index (χ0n) is 18.0. The molecule has 2 spiro atoms. The molecule has 0 bridgehead atoms. The van der Waals surface area contributed by atoms with Gasteiger partial charge in [0.2, 0.25) is 0 Å². The highest BCUT2D eigenvalue weighted by atomic mass is 16.9. The average Bonchev–Trinajstić information content (AvgIpc) is 3.49. The SMILES string of the molecule is O=C[C@H]1O[C@@H]2OC3(CCCCC3)O[C@@H]2[C@H]1OC(O)[C@H]1O[C@@H]2OC3(CCCCC3)O[C@@H]2[C@H]1O. The topological polar surface area (TPSA) is 122 Å². The van der Waals surface area contributed by atoms with E-state index >= 15 is 0 Å². The van der Waals surface area contributed by atoms with Crippen molar-refractivity contribution >= 4 is 6.29 Å². The van der Waals surface area contributed by atoms with Crippen LogP contribution in [0.25, 0.3) is 0 Å². The van der Waals surface area contributed by atoms with Crippen molar-refractivity contribution in [3.05, 3.63) is 0 Å². The first kappa shape index (κ1) is 21.8. The minimum absolute atomic E-state index is 0.621. The van der Waals surface area contributed by atoms with Gasteiger partial charge in [0.15, 0.2) is 36.7 Å². The molecule has 10 nitrogen and oxygen atoms in total. The van der Waals surface area contributed by atoms with E-state index in [0.29, 0.717) is 6.29 Å². The maximum absolute atomic E-state index is 11.6. The number of carbonyl (C=O) groups is 1. The first-order valence-electron chi connectivity index (χ1n) is 12.0. The Morgan fingerprint density at radius 1 is 0.812 bits per heavy atom. The maximum atomic E-state index is 11.6. The van der Waals surface area contributed by atoms with E-state index in [0.717, 1.165) is 64.2 Å². The van der Waals surface area contributed by atoms with Gasteiger partial charge in [0, 0.05) is 25.7 Å². The van der Waals surface area contributed by atoms with Gasteiger partial charge in [-0.3, -0.25) is 0 Å². The largest absolute Gasteiger partial charge is 0.387 e. The molecule has 6 aliphatic rings. The summed E-state index contributed by atoms with van der Waals surface area (Å²) >= 11 is 0. The number of fused-ring (bicyclic) bond motifs is 2. The third kappa shape index (κ3) is 3.55. The smallest absolute Gasteiger partial charge is 0.190 e. The molecule has 0 radical (unpaired) electrons. The summed E-state index contributed by atoms with van der Waals surface area (Å²) in [6.07, 6.45) is 1.55. The Balaban J connectivity index is 1.11. The van der Waals surface area contributed by atoms with Crippen molar-refractivity contribution in [2.75, 3.05) is 0 Å². The van der Waals surface area contributed by atoms with Crippen LogP contribution in [0.1, 0.15) is 64.2 Å². The van der Waals surface area contributed by atoms with Crippen LogP contribution in [0.4, 0.5) is 0 Å². The summed E-state index contributed by atoms with van der Waals surface area (Å²) in [6, 6.07) is 0. The van der Waals surface area contributed by atoms with Crippen LogP contribution in [0.2, 0.25) is 0 Å². The van der Waals surface area contributed by atoms with E-state index in [1.54, 1.807) is 0 Å². The zero-order valence-corrected chi connectivity index (χ0v) is 18.0. The Morgan fingerprint density at radius 3 is 1.94 bits per heavy atom. The van der Waals surface area contributed by atoms with Gasteiger partial charge in [0.1, 0.15) is 36.6 Å². The fraction of sp³-hybridized carbons (Fsp3) is 0.955. The van der Waals surface area contributed by atoms with Crippen LogP contribution in [-0.4, -0.2) is 83.6 Å². The monoisotopic (exact) mass is 456 g/mol. The van der Waals surface area contributed by atoms with Crippen LogP contribution >= 0.6 is 0 Å². The van der Waals surface area contributed by atoms with Gasteiger partial charge in [-0.2, -0.15) is 0 Å². The number of rotatable bonds is 4. The summed E-state index contributed by atoms with van der Waals surface area (Å²) in [5.74, 6) is -1.42. The van der Waals surface area contributed by atoms with Crippen LogP contribution in [-0.2, 0) is 38.0 Å². The van der Waals surface area contributed by atoms with E-state index in [9.17, 15) is 15.0 Å². The van der Waals surface area contributed by atoms with Crippen LogP contribution in [0.15, 0.2) is 0 Å². The molecule has 1 unspecified atom stereocenters. The lowest BCUT2D eigenvalue weighted by atomic mass is 9.94. The summed E-state index contributed by atoms with van der Waals surface area (Å²) in [5.41, 5.74) is 0. The summed E-state index contributed by atoms with van der Waals surface area (Å²) in [7, 11) is 0. The normalized spacial score (nSPS) is 47.6. The van der Waals surface area contributed by atoms with E-state index in [2.05, 4.69) is 0 Å². The molecule has 4 heterocycles. The number of hydrogen-bond donors (Lipinski definition) is 2. The van der Waals surface area contributed by atoms with Crippen LogP contribution < -0.4 is 0 Å². The number of carbonyl (C=O) groups excluding carboxylic acids is 1.